The topological polar surface area (TPSA) is 233 Å². The van der Waals surface area contributed by atoms with Crippen LogP contribution in [0, 0.1) is 5.92 Å². The summed E-state index contributed by atoms with van der Waals surface area (Å²) in [5, 5.41) is 20.6. The summed E-state index contributed by atoms with van der Waals surface area (Å²) < 4.78 is 25.8. The Morgan fingerprint density at radius 1 is 0.939 bits per heavy atom. The van der Waals surface area contributed by atoms with Crippen molar-refractivity contribution in [2.75, 3.05) is 36.4 Å². The molecule has 1 aromatic heterocycles. The van der Waals surface area contributed by atoms with Crippen LogP contribution in [0.25, 0.3) is 0 Å². The summed E-state index contributed by atoms with van der Waals surface area (Å²) in [5.74, 6) is -1.66. The van der Waals surface area contributed by atoms with Crippen LogP contribution in [0.3, 0.4) is 0 Å². The van der Waals surface area contributed by atoms with Crippen LogP contribution < -0.4 is 36.6 Å². The van der Waals surface area contributed by atoms with Gasteiger partial charge >= 0.3 is 0 Å². The fourth-order valence-corrected chi connectivity index (χ4v) is 5.24. The second-order valence-electron chi connectivity index (χ2n) is 11.9. The number of nitrogen functional groups attached to an aromatic ring is 1. The van der Waals surface area contributed by atoms with E-state index in [0.717, 1.165) is 16.1 Å². The van der Waals surface area contributed by atoms with Gasteiger partial charge in [0.25, 0.3) is 11.8 Å². The van der Waals surface area contributed by atoms with Crippen molar-refractivity contribution in [2.24, 2.45) is 5.92 Å². The molecule has 266 valence electrons. The van der Waals surface area contributed by atoms with Gasteiger partial charge in [0, 0.05) is 37.3 Å². The lowest BCUT2D eigenvalue weighted by Crippen LogP contribution is -2.55. The Morgan fingerprint density at radius 2 is 1.59 bits per heavy atom. The fraction of sp³-hybridized carbons (Fsp3) is 0.438. The first-order valence-electron chi connectivity index (χ1n) is 15.8. The van der Waals surface area contributed by atoms with E-state index in [1.54, 1.807) is 13.8 Å². The Kier molecular flexibility index (Phi) is 13.6. The minimum atomic E-state index is -3.75. The first-order valence-corrected chi connectivity index (χ1v) is 17.6. The third kappa shape index (κ3) is 11.6. The van der Waals surface area contributed by atoms with E-state index < -0.39 is 40.0 Å². The van der Waals surface area contributed by atoms with E-state index in [1.807, 2.05) is 44.2 Å². The number of aromatic amines is 1. The molecule has 0 saturated heterocycles. The van der Waals surface area contributed by atoms with Crippen LogP contribution in [0.4, 0.5) is 11.6 Å². The number of carbonyl (C=O) groups is 4. The average molecular weight is 699 g/mol. The van der Waals surface area contributed by atoms with Gasteiger partial charge in [-0.1, -0.05) is 44.2 Å². The predicted molar refractivity (Wildman–Crippen MR) is 186 cm³/mol. The molecule has 3 rings (SSSR count). The number of benzene rings is 2. The number of anilines is 2. The zero-order valence-electron chi connectivity index (χ0n) is 28.5. The molecule has 49 heavy (non-hydrogen) atoms. The quantitative estimate of drug-likeness (QED) is 0.102. The number of hydrogen-bond donors (Lipinski definition) is 7. The highest BCUT2D eigenvalue weighted by atomic mass is 32.2. The van der Waals surface area contributed by atoms with Crippen LogP contribution in [0.5, 0.6) is 0 Å². The molecule has 3 aromatic rings. The summed E-state index contributed by atoms with van der Waals surface area (Å²) in [5.41, 5.74) is 6.62. The van der Waals surface area contributed by atoms with Crippen LogP contribution in [0.2, 0.25) is 0 Å². The van der Waals surface area contributed by atoms with Gasteiger partial charge in [0.1, 0.15) is 6.04 Å². The third-order valence-corrected chi connectivity index (χ3v) is 8.79. The minimum absolute atomic E-state index is 0.0245. The van der Waals surface area contributed by atoms with E-state index in [9.17, 15) is 27.6 Å². The number of amides is 4. The number of nitrogens with two attached hydrogens (primary N) is 1. The van der Waals surface area contributed by atoms with Crippen LogP contribution in [-0.4, -0.2) is 91.7 Å². The fourth-order valence-electron chi connectivity index (χ4n) is 4.75. The molecule has 0 radical (unpaired) electrons. The lowest BCUT2D eigenvalue weighted by Gasteiger charge is -2.25. The first kappa shape index (κ1) is 38.4. The highest BCUT2D eigenvalue weighted by Crippen LogP contribution is 2.21. The van der Waals surface area contributed by atoms with Gasteiger partial charge < -0.3 is 32.3 Å². The lowest BCUT2D eigenvalue weighted by molar-refractivity contribution is -0.130. The van der Waals surface area contributed by atoms with Crippen LogP contribution in [0.15, 0.2) is 48.5 Å². The monoisotopic (exact) mass is 698 g/mol. The highest BCUT2D eigenvalue weighted by molar-refractivity contribution is 7.92. The number of sulfonamides is 1. The molecular formula is C32H46N10O6S. The van der Waals surface area contributed by atoms with Gasteiger partial charge in [-0.05, 0) is 49.9 Å². The third-order valence-electron chi connectivity index (χ3n) is 7.58. The molecule has 1 heterocycles. The number of carbonyl (C=O) groups excluding carboxylic acids is 4. The molecule has 0 aliphatic rings. The molecule has 0 saturated carbocycles. The Bertz CT molecular complexity index is 1710. The molecule has 17 heteroatoms. The van der Waals surface area contributed by atoms with Crippen molar-refractivity contribution in [3.05, 3.63) is 71.0 Å². The van der Waals surface area contributed by atoms with E-state index in [-0.39, 0.29) is 59.4 Å². The zero-order valence-corrected chi connectivity index (χ0v) is 29.3. The lowest BCUT2D eigenvalue weighted by atomic mass is 10.0. The summed E-state index contributed by atoms with van der Waals surface area (Å²) in [7, 11) is -2.43. The van der Waals surface area contributed by atoms with Gasteiger partial charge in [0.15, 0.2) is 5.82 Å². The SMILES string of the molecule is CCNC(=O)[C@@H](NC(=O)[C@H](C)NC[C@H](Cc1ccccc1)NC(=O)c1cc(C(=O)NCc2n[nH]c(N)n2)cc(N(C)S(C)(=O)=O)c1)C(C)C. The number of rotatable bonds is 17. The smallest absolute Gasteiger partial charge is 0.251 e. The molecular weight excluding hydrogens is 652 g/mol. The van der Waals surface area contributed by atoms with E-state index in [1.165, 1.54) is 25.2 Å². The molecule has 3 atom stereocenters. The first-order chi connectivity index (χ1) is 23.1. The predicted octanol–water partition coefficient (Wildman–Crippen LogP) is 0.309. The van der Waals surface area contributed by atoms with Gasteiger partial charge in [0.2, 0.25) is 27.8 Å². The number of nitrogens with zero attached hydrogens (tertiary/aromatic N) is 3. The van der Waals surface area contributed by atoms with Gasteiger partial charge in [-0.3, -0.25) is 23.5 Å². The normalized spacial score (nSPS) is 13.2. The number of aromatic nitrogens is 3. The second kappa shape index (κ2) is 17.4. The van der Waals surface area contributed by atoms with Crippen LogP contribution in [0.1, 0.15) is 59.8 Å². The largest absolute Gasteiger partial charge is 0.368 e. The van der Waals surface area contributed by atoms with E-state index in [4.69, 9.17) is 5.73 Å². The summed E-state index contributed by atoms with van der Waals surface area (Å²) >= 11 is 0. The molecule has 16 nitrogen and oxygen atoms in total. The highest BCUT2D eigenvalue weighted by Gasteiger charge is 2.27. The molecule has 0 aliphatic carbocycles. The molecule has 0 bridgehead atoms. The maximum Gasteiger partial charge on any atom is 0.251 e. The van der Waals surface area contributed by atoms with Crippen LogP contribution in [-0.2, 0) is 32.6 Å². The van der Waals surface area contributed by atoms with Crippen molar-refractivity contribution in [1.82, 2.24) is 41.8 Å². The molecule has 0 spiro atoms. The average Bonchev–Trinajstić information content (AvgIpc) is 3.48. The van der Waals surface area contributed by atoms with E-state index in [0.29, 0.717) is 13.0 Å². The van der Waals surface area contributed by atoms with Gasteiger partial charge in [-0.25, -0.2) is 13.5 Å². The Morgan fingerprint density at radius 3 is 2.16 bits per heavy atom. The molecule has 0 fully saturated rings. The molecule has 0 aliphatic heterocycles. The molecule has 2 aromatic carbocycles. The van der Waals surface area contributed by atoms with E-state index in [2.05, 4.69) is 41.8 Å². The molecule has 4 amide bonds. The van der Waals surface area contributed by atoms with Crippen molar-refractivity contribution in [3.63, 3.8) is 0 Å². The number of likely N-dealkylation sites (N-methyl/N-ethyl adjacent to an activating group) is 1. The standard InChI is InChI=1S/C32H46N10O6S/c1-7-34-31(46)27(19(2)3)39-28(43)20(4)35-17-24(13-21-11-9-8-10-12-21)37-30(45)23-14-22(15-25(16-23)42(5)49(6,47)48)29(44)36-18-26-38-32(33)41-40-26/h8-12,14-16,19-20,24,27,35H,7,13,17-18H2,1-6H3,(H,34,46)(H,36,44)(H,37,45)(H,39,43)(H3,33,38,40,41)/t20-,24-,27-/m0/s1. The van der Waals surface area contributed by atoms with Crippen molar-refractivity contribution >= 4 is 45.3 Å². The van der Waals surface area contributed by atoms with Gasteiger partial charge in [0.05, 0.1) is 24.5 Å². The number of H-pyrrole nitrogens is 1. The Balaban J connectivity index is 1.84. The van der Waals surface area contributed by atoms with E-state index >= 15 is 0 Å². The minimum Gasteiger partial charge on any atom is -0.368 e. The van der Waals surface area contributed by atoms with Crippen LogP contribution >= 0.6 is 0 Å². The maximum atomic E-state index is 13.8. The molecule has 8 N–H and O–H groups in total. The summed E-state index contributed by atoms with van der Waals surface area (Å²) in [6.45, 7) is 7.67. The van der Waals surface area contributed by atoms with Crippen molar-refractivity contribution in [3.8, 4) is 0 Å². The van der Waals surface area contributed by atoms with Gasteiger partial charge in [-0.2, -0.15) is 10.1 Å². The van der Waals surface area contributed by atoms with Crippen molar-refractivity contribution < 1.29 is 27.6 Å². The maximum absolute atomic E-state index is 13.8. The molecule has 0 unspecified atom stereocenters. The van der Waals surface area contributed by atoms with Crippen molar-refractivity contribution in [2.45, 2.75) is 58.8 Å². The summed E-state index contributed by atoms with van der Waals surface area (Å²) in [6.07, 6.45) is 1.39. The summed E-state index contributed by atoms with van der Waals surface area (Å²) in [4.78, 5) is 56.4. The zero-order chi connectivity index (χ0) is 36.3. The Labute approximate surface area is 286 Å². The van der Waals surface area contributed by atoms with Crippen molar-refractivity contribution in [1.29, 1.82) is 0 Å². The summed E-state index contributed by atoms with van der Waals surface area (Å²) in [6, 6.07) is 11.5. The number of nitrogens with one attached hydrogen (secondary N) is 6. The number of hydrogen-bond acceptors (Lipinski definition) is 10. The second-order valence-corrected chi connectivity index (χ2v) is 13.9. The van der Waals surface area contributed by atoms with Gasteiger partial charge in [-0.15, -0.1) is 0 Å². The Hall–Kier alpha value is -5.03.